The molecule has 1 aliphatic rings. The van der Waals surface area contributed by atoms with Crippen LogP contribution >= 0.6 is 0 Å². The Labute approximate surface area is 153 Å². The van der Waals surface area contributed by atoms with E-state index in [1.165, 1.54) is 5.56 Å². The van der Waals surface area contributed by atoms with Crippen molar-refractivity contribution in [2.45, 2.75) is 13.5 Å². The van der Waals surface area contributed by atoms with Crippen molar-refractivity contribution in [2.75, 3.05) is 11.4 Å². The third-order valence-corrected chi connectivity index (χ3v) is 4.76. The summed E-state index contributed by atoms with van der Waals surface area (Å²) in [6.07, 6.45) is 0. The first-order valence-electron chi connectivity index (χ1n) is 8.78. The fourth-order valence-electron chi connectivity index (χ4n) is 3.33. The topological polar surface area (TPSA) is 32.7 Å². The third-order valence-electron chi connectivity index (χ3n) is 4.76. The highest BCUT2D eigenvalue weighted by molar-refractivity contribution is 6.19. The number of hydrogen-bond acceptors (Lipinski definition) is 2. The van der Waals surface area contributed by atoms with Crippen LogP contribution in [0.15, 0.2) is 83.9 Å². The summed E-state index contributed by atoms with van der Waals surface area (Å²) in [4.78, 5) is 19.4. The molecule has 1 heterocycles. The predicted octanol–water partition coefficient (Wildman–Crippen LogP) is 4.38. The lowest BCUT2D eigenvalue weighted by molar-refractivity contribution is -0.117. The molecular weight excluding hydrogens is 320 g/mol. The Bertz CT molecular complexity index is 976. The minimum Gasteiger partial charge on any atom is -0.306 e. The number of anilines is 1. The maximum Gasteiger partial charge on any atom is 0.248 e. The Kier molecular flexibility index (Phi) is 4.36. The second-order valence-electron chi connectivity index (χ2n) is 6.45. The molecule has 0 fully saturated rings. The van der Waals surface area contributed by atoms with E-state index in [0.29, 0.717) is 6.54 Å². The summed E-state index contributed by atoms with van der Waals surface area (Å²) in [7, 11) is 0. The number of carbonyl (C=O) groups excluding carboxylic acids is 1. The maximum absolute atomic E-state index is 12.9. The average molecular weight is 340 g/mol. The second-order valence-corrected chi connectivity index (χ2v) is 6.45. The van der Waals surface area contributed by atoms with Gasteiger partial charge >= 0.3 is 0 Å². The summed E-state index contributed by atoms with van der Waals surface area (Å²) in [6, 6.07) is 26.3. The number of aryl methyl sites for hydroxylation is 1. The van der Waals surface area contributed by atoms with Crippen molar-refractivity contribution in [3.63, 3.8) is 0 Å². The molecule has 0 saturated heterocycles. The van der Waals surface area contributed by atoms with Gasteiger partial charge in [-0.3, -0.25) is 9.79 Å². The highest BCUT2D eigenvalue weighted by atomic mass is 16.2. The van der Waals surface area contributed by atoms with Gasteiger partial charge in [0.2, 0.25) is 5.91 Å². The van der Waals surface area contributed by atoms with Crippen molar-refractivity contribution >= 4 is 17.3 Å². The normalized spacial score (nSPS) is 13.8. The highest BCUT2D eigenvalue weighted by Crippen LogP contribution is 2.28. The number of para-hydroxylation sites is 1. The van der Waals surface area contributed by atoms with Crippen molar-refractivity contribution in [1.29, 1.82) is 0 Å². The molecule has 4 rings (SSSR count). The number of carbonyl (C=O) groups is 1. The van der Waals surface area contributed by atoms with Crippen LogP contribution in [0.3, 0.4) is 0 Å². The lowest BCUT2D eigenvalue weighted by Gasteiger charge is -2.24. The molecule has 0 atom stereocenters. The lowest BCUT2D eigenvalue weighted by Crippen LogP contribution is -2.32. The number of rotatable bonds is 3. The zero-order chi connectivity index (χ0) is 17.9. The fraction of sp³-hybridized carbons (Fsp3) is 0.130. The Balaban J connectivity index is 1.80. The zero-order valence-corrected chi connectivity index (χ0v) is 14.7. The molecule has 3 aromatic rings. The number of nitrogens with zero attached hydrogens (tertiary/aromatic N) is 2. The molecule has 1 amide bonds. The lowest BCUT2D eigenvalue weighted by atomic mass is 10.00. The summed E-state index contributed by atoms with van der Waals surface area (Å²) in [6.45, 7) is 2.79. The first kappa shape index (κ1) is 16.3. The van der Waals surface area contributed by atoms with Crippen LogP contribution in [0.25, 0.3) is 0 Å². The van der Waals surface area contributed by atoms with Gasteiger partial charge in [0.1, 0.15) is 6.54 Å². The number of benzodiazepines with no additional fused rings is 1. The van der Waals surface area contributed by atoms with Gasteiger partial charge in [0.05, 0.1) is 17.9 Å². The molecule has 3 aromatic carbocycles. The van der Waals surface area contributed by atoms with Crippen LogP contribution in [0.5, 0.6) is 0 Å². The van der Waals surface area contributed by atoms with Crippen LogP contribution in [0.2, 0.25) is 0 Å². The van der Waals surface area contributed by atoms with Crippen molar-refractivity contribution in [3.05, 3.63) is 101 Å². The number of aliphatic imine (C=N–C) groups is 1. The number of fused-ring (bicyclic) bond motifs is 1. The molecule has 3 heteroatoms. The number of hydrogen-bond donors (Lipinski definition) is 0. The van der Waals surface area contributed by atoms with Gasteiger partial charge in [0.15, 0.2) is 0 Å². The first-order valence-corrected chi connectivity index (χ1v) is 8.78. The second kappa shape index (κ2) is 6.96. The van der Waals surface area contributed by atoms with Gasteiger partial charge in [-0.1, -0.05) is 72.8 Å². The molecule has 0 unspecified atom stereocenters. The molecule has 0 bridgehead atoms. The molecular formula is C23H20N2O. The van der Waals surface area contributed by atoms with E-state index in [1.807, 2.05) is 71.6 Å². The number of amides is 1. The van der Waals surface area contributed by atoms with Gasteiger partial charge in [-0.25, -0.2) is 0 Å². The van der Waals surface area contributed by atoms with E-state index in [2.05, 4.69) is 24.0 Å². The molecule has 1 aliphatic heterocycles. The SMILES string of the molecule is Cc1ccccc1CN1C(=O)CN=C(c2ccccc2)c2ccccc21. The third kappa shape index (κ3) is 3.04. The molecule has 0 spiro atoms. The minimum atomic E-state index is 0.0200. The molecule has 0 aromatic heterocycles. The molecule has 26 heavy (non-hydrogen) atoms. The van der Waals surface area contributed by atoms with Crippen molar-refractivity contribution in [1.82, 2.24) is 0 Å². The van der Waals surface area contributed by atoms with E-state index in [4.69, 9.17) is 0 Å². The van der Waals surface area contributed by atoms with Gasteiger partial charge in [-0.05, 0) is 24.1 Å². The van der Waals surface area contributed by atoms with E-state index in [0.717, 1.165) is 28.1 Å². The Morgan fingerprint density at radius 2 is 1.58 bits per heavy atom. The fourth-order valence-corrected chi connectivity index (χ4v) is 3.33. The van der Waals surface area contributed by atoms with E-state index in [1.54, 1.807) is 0 Å². The Morgan fingerprint density at radius 1 is 0.885 bits per heavy atom. The van der Waals surface area contributed by atoms with Gasteiger partial charge in [0.25, 0.3) is 0 Å². The van der Waals surface area contributed by atoms with Gasteiger partial charge in [-0.15, -0.1) is 0 Å². The molecule has 3 nitrogen and oxygen atoms in total. The first-order chi connectivity index (χ1) is 12.7. The molecule has 0 aliphatic carbocycles. The van der Waals surface area contributed by atoms with Gasteiger partial charge in [-0.2, -0.15) is 0 Å². The zero-order valence-electron chi connectivity index (χ0n) is 14.7. The summed E-state index contributed by atoms with van der Waals surface area (Å²) < 4.78 is 0. The van der Waals surface area contributed by atoms with Gasteiger partial charge in [0, 0.05) is 11.1 Å². The van der Waals surface area contributed by atoms with Crippen LogP contribution in [0.4, 0.5) is 5.69 Å². The number of benzene rings is 3. The monoisotopic (exact) mass is 340 g/mol. The van der Waals surface area contributed by atoms with Crippen molar-refractivity contribution in [2.24, 2.45) is 4.99 Å². The Hall–Kier alpha value is -3.20. The van der Waals surface area contributed by atoms with E-state index >= 15 is 0 Å². The van der Waals surface area contributed by atoms with Crippen LogP contribution in [0, 0.1) is 6.92 Å². The van der Waals surface area contributed by atoms with Crippen LogP contribution in [-0.4, -0.2) is 18.2 Å². The summed E-state index contributed by atoms with van der Waals surface area (Å²) in [5, 5.41) is 0. The molecule has 0 N–H and O–H groups in total. The molecule has 0 radical (unpaired) electrons. The minimum absolute atomic E-state index is 0.0200. The van der Waals surface area contributed by atoms with Crippen LogP contribution in [0.1, 0.15) is 22.3 Å². The van der Waals surface area contributed by atoms with E-state index < -0.39 is 0 Å². The van der Waals surface area contributed by atoms with Crippen molar-refractivity contribution in [3.8, 4) is 0 Å². The van der Waals surface area contributed by atoms with Crippen LogP contribution in [-0.2, 0) is 11.3 Å². The van der Waals surface area contributed by atoms with Gasteiger partial charge < -0.3 is 4.90 Å². The largest absolute Gasteiger partial charge is 0.306 e. The van der Waals surface area contributed by atoms with E-state index in [9.17, 15) is 4.79 Å². The predicted molar refractivity (Wildman–Crippen MR) is 106 cm³/mol. The summed E-state index contributed by atoms with van der Waals surface area (Å²) in [5.41, 5.74) is 6.16. The van der Waals surface area contributed by atoms with Crippen molar-refractivity contribution < 1.29 is 4.79 Å². The smallest absolute Gasteiger partial charge is 0.248 e. The average Bonchev–Trinajstić information content (AvgIpc) is 2.81. The Morgan fingerprint density at radius 3 is 2.38 bits per heavy atom. The van der Waals surface area contributed by atoms with E-state index in [-0.39, 0.29) is 12.5 Å². The summed E-state index contributed by atoms with van der Waals surface area (Å²) in [5.74, 6) is 0.0200. The standard InChI is InChI=1S/C23H20N2O/c1-17-9-5-6-12-19(17)16-25-21-14-8-7-13-20(21)23(24-15-22(25)26)18-10-3-2-4-11-18/h2-14H,15-16H2,1H3. The maximum atomic E-state index is 12.9. The summed E-state index contributed by atoms with van der Waals surface area (Å²) >= 11 is 0. The highest BCUT2D eigenvalue weighted by Gasteiger charge is 2.25. The quantitative estimate of drug-likeness (QED) is 0.696. The molecule has 128 valence electrons. The van der Waals surface area contributed by atoms with Crippen LogP contribution < -0.4 is 4.90 Å². The molecule has 0 saturated carbocycles.